The van der Waals surface area contributed by atoms with E-state index in [1.54, 1.807) is 0 Å². The Bertz CT molecular complexity index is 1140. The van der Waals surface area contributed by atoms with Crippen molar-refractivity contribution in [3.8, 4) is 0 Å². The van der Waals surface area contributed by atoms with Gasteiger partial charge in [-0.1, -0.05) is 43.7 Å². The number of aryl methyl sites for hydroxylation is 1. The van der Waals surface area contributed by atoms with E-state index in [1.807, 2.05) is 22.2 Å². The topological polar surface area (TPSA) is 43.1 Å². The number of aromatic nitrogens is 4. The second-order valence-corrected chi connectivity index (χ2v) is 9.13. The average Bonchev–Trinajstić information content (AvgIpc) is 3.25. The van der Waals surface area contributed by atoms with Crippen LogP contribution in [0.3, 0.4) is 0 Å². The van der Waals surface area contributed by atoms with Gasteiger partial charge in [-0.05, 0) is 48.6 Å². The quantitative estimate of drug-likeness (QED) is 0.499. The van der Waals surface area contributed by atoms with Gasteiger partial charge in [-0.2, -0.15) is 0 Å². The van der Waals surface area contributed by atoms with Crippen LogP contribution in [0.2, 0.25) is 0 Å². The summed E-state index contributed by atoms with van der Waals surface area (Å²) < 4.78 is 1.91. The highest BCUT2D eigenvalue weighted by Crippen LogP contribution is 2.53. The summed E-state index contributed by atoms with van der Waals surface area (Å²) in [5, 5.41) is 6.07. The molecule has 4 aromatic rings. The highest BCUT2D eigenvalue weighted by atomic mass is 32.1. The van der Waals surface area contributed by atoms with Crippen molar-refractivity contribution in [3.63, 3.8) is 0 Å². The van der Waals surface area contributed by atoms with Gasteiger partial charge in [-0.25, -0.2) is 14.5 Å². The molecule has 3 unspecified atom stereocenters. The van der Waals surface area contributed by atoms with E-state index < -0.39 is 0 Å². The molecule has 27 heavy (non-hydrogen) atoms. The first kappa shape index (κ1) is 15.8. The van der Waals surface area contributed by atoms with Crippen LogP contribution in [-0.4, -0.2) is 19.6 Å². The van der Waals surface area contributed by atoms with Crippen LogP contribution in [0.15, 0.2) is 36.7 Å². The van der Waals surface area contributed by atoms with Gasteiger partial charge in [0.2, 0.25) is 0 Å². The molecule has 136 valence electrons. The molecule has 5 heteroatoms. The molecule has 0 bridgehead atoms. The Morgan fingerprint density at radius 3 is 2.93 bits per heavy atom. The monoisotopic (exact) mass is 374 g/mol. The standard InChI is InChI=1S/C22H22N4S/c1-2-13-8-9-15-18(10-13)27-22-19(15)21-24-20(25-26(21)12-23-22)17-11-16(17)14-6-4-3-5-7-14/h3-7,12-13,16-17H,2,8-11H2,1H3. The zero-order chi connectivity index (χ0) is 18.0. The summed E-state index contributed by atoms with van der Waals surface area (Å²) in [4.78, 5) is 12.4. The first-order valence-electron chi connectivity index (χ1n) is 10.0. The molecule has 0 radical (unpaired) electrons. The summed E-state index contributed by atoms with van der Waals surface area (Å²) in [6.45, 7) is 2.31. The van der Waals surface area contributed by atoms with E-state index in [9.17, 15) is 0 Å². The second kappa shape index (κ2) is 5.86. The summed E-state index contributed by atoms with van der Waals surface area (Å²) >= 11 is 1.87. The number of benzene rings is 1. The van der Waals surface area contributed by atoms with Gasteiger partial charge in [0, 0.05) is 10.8 Å². The summed E-state index contributed by atoms with van der Waals surface area (Å²) in [5.41, 5.74) is 3.91. The van der Waals surface area contributed by atoms with Crippen molar-refractivity contribution in [1.82, 2.24) is 19.6 Å². The predicted molar refractivity (Wildman–Crippen MR) is 109 cm³/mol. The van der Waals surface area contributed by atoms with Crippen molar-refractivity contribution in [2.45, 2.75) is 50.9 Å². The van der Waals surface area contributed by atoms with Crippen LogP contribution in [0.1, 0.15) is 59.9 Å². The fourth-order valence-corrected chi connectivity index (χ4v) is 6.01. The first-order chi connectivity index (χ1) is 13.3. The lowest BCUT2D eigenvalue weighted by atomic mass is 9.86. The van der Waals surface area contributed by atoms with E-state index in [0.717, 1.165) is 35.1 Å². The van der Waals surface area contributed by atoms with Crippen molar-refractivity contribution in [3.05, 3.63) is 58.5 Å². The van der Waals surface area contributed by atoms with E-state index in [4.69, 9.17) is 15.1 Å². The van der Waals surface area contributed by atoms with E-state index in [0.29, 0.717) is 11.8 Å². The number of hydrogen-bond donors (Lipinski definition) is 0. The molecule has 0 saturated heterocycles. The van der Waals surface area contributed by atoms with Crippen molar-refractivity contribution < 1.29 is 0 Å². The number of nitrogens with zero attached hydrogens (tertiary/aromatic N) is 4. The SMILES string of the molecule is CCC1CCc2c(sc3ncn4nc(C5CC5c5ccccc5)nc4c23)C1. The van der Waals surface area contributed by atoms with Crippen molar-refractivity contribution in [2.24, 2.45) is 5.92 Å². The van der Waals surface area contributed by atoms with Crippen LogP contribution in [0.5, 0.6) is 0 Å². The van der Waals surface area contributed by atoms with Gasteiger partial charge < -0.3 is 0 Å². The average molecular weight is 375 g/mol. The van der Waals surface area contributed by atoms with Crippen LogP contribution in [0.4, 0.5) is 0 Å². The van der Waals surface area contributed by atoms with Gasteiger partial charge in [-0.15, -0.1) is 16.4 Å². The van der Waals surface area contributed by atoms with Gasteiger partial charge in [0.25, 0.3) is 0 Å². The maximum Gasteiger partial charge on any atom is 0.167 e. The van der Waals surface area contributed by atoms with Gasteiger partial charge in [0.15, 0.2) is 11.5 Å². The Hall–Kier alpha value is -2.27. The van der Waals surface area contributed by atoms with Crippen LogP contribution in [-0.2, 0) is 12.8 Å². The lowest BCUT2D eigenvalue weighted by Gasteiger charge is -2.20. The Labute approximate surface area is 162 Å². The molecule has 3 atom stereocenters. The van der Waals surface area contributed by atoms with E-state index >= 15 is 0 Å². The third kappa shape index (κ3) is 2.44. The van der Waals surface area contributed by atoms with E-state index in [2.05, 4.69) is 37.3 Å². The third-order valence-corrected chi connectivity index (χ3v) is 7.59. The molecule has 0 N–H and O–H groups in total. The number of thiophene rings is 1. The molecule has 2 aliphatic rings. The molecule has 1 fully saturated rings. The largest absolute Gasteiger partial charge is 0.225 e. The fourth-order valence-electron chi connectivity index (χ4n) is 4.71. The van der Waals surface area contributed by atoms with Gasteiger partial charge in [0.1, 0.15) is 11.2 Å². The van der Waals surface area contributed by atoms with Crippen molar-refractivity contribution in [1.29, 1.82) is 0 Å². The third-order valence-electron chi connectivity index (χ3n) is 6.43. The molecule has 1 saturated carbocycles. The van der Waals surface area contributed by atoms with Crippen LogP contribution in [0.25, 0.3) is 15.9 Å². The Morgan fingerprint density at radius 2 is 2.07 bits per heavy atom. The molecule has 3 heterocycles. The molecule has 2 aliphatic carbocycles. The van der Waals surface area contributed by atoms with Crippen LogP contribution in [0, 0.1) is 5.92 Å². The zero-order valence-electron chi connectivity index (χ0n) is 15.4. The minimum absolute atomic E-state index is 0.446. The van der Waals surface area contributed by atoms with Crippen molar-refractivity contribution >= 4 is 27.2 Å². The Balaban J connectivity index is 1.42. The number of hydrogen-bond acceptors (Lipinski definition) is 4. The lowest BCUT2D eigenvalue weighted by Crippen LogP contribution is -2.11. The zero-order valence-corrected chi connectivity index (χ0v) is 16.2. The Morgan fingerprint density at radius 1 is 1.19 bits per heavy atom. The van der Waals surface area contributed by atoms with E-state index in [-0.39, 0.29) is 0 Å². The molecule has 6 rings (SSSR count). The summed E-state index contributed by atoms with van der Waals surface area (Å²) in [5.74, 6) is 2.82. The van der Waals surface area contributed by atoms with Gasteiger partial charge in [-0.3, -0.25) is 0 Å². The molecule has 1 aromatic carbocycles. The molecule has 0 amide bonds. The van der Waals surface area contributed by atoms with Crippen molar-refractivity contribution in [2.75, 3.05) is 0 Å². The van der Waals surface area contributed by atoms with Crippen LogP contribution < -0.4 is 0 Å². The summed E-state index contributed by atoms with van der Waals surface area (Å²) in [7, 11) is 0. The summed E-state index contributed by atoms with van der Waals surface area (Å²) in [6, 6.07) is 10.8. The molecule has 3 aromatic heterocycles. The number of rotatable bonds is 3. The Kier molecular flexibility index (Phi) is 3.42. The lowest BCUT2D eigenvalue weighted by molar-refractivity contribution is 0.451. The summed E-state index contributed by atoms with van der Waals surface area (Å²) in [6.07, 6.45) is 7.93. The highest BCUT2D eigenvalue weighted by Gasteiger charge is 2.42. The molecular weight excluding hydrogens is 352 g/mol. The smallest absolute Gasteiger partial charge is 0.167 e. The number of fused-ring (bicyclic) bond motifs is 5. The highest BCUT2D eigenvalue weighted by molar-refractivity contribution is 7.19. The molecule has 0 spiro atoms. The first-order valence-corrected chi connectivity index (χ1v) is 10.8. The van der Waals surface area contributed by atoms with E-state index in [1.165, 1.54) is 40.7 Å². The van der Waals surface area contributed by atoms with Gasteiger partial charge >= 0.3 is 0 Å². The normalized spacial score (nSPS) is 24.4. The fraction of sp³-hybridized carbons (Fsp3) is 0.409. The van der Waals surface area contributed by atoms with Crippen LogP contribution >= 0.6 is 11.3 Å². The minimum atomic E-state index is 0.446. The second-order valence-electron chi connectivity index (χ2n) is 8.04. The molecule has 4 nitrogen and oxygen atoms in total. The predicted octanol–water partition coefficient (Wildman–Crippen LogP) is 5.13. The van der Waals surface area contributed by atoms with Gasteiger partial charge in [0.05, 0.1) is 5.39 Å². The maximum atomic E-state index is 5.02. The maximum absolute atomic E-state index is 5.02. The molecular formula is C22H22N4S. The minimum Gasteiger partial charge on any atom is -0.225 e. The molecule has 0 aliphatic heterocycles.